The van der Waals surface area contributed by atoms with Crippen LogP contribution in [-0.2, 0) is 17.4 Å². The molecule has 1 aromatic heterocycles. The Hall–Kier alpha value is -1.59. The minimum absolute atomic E-state index is 0.222. The lowest BCUT2D eigenvalue weighted by Crippen LogP contribution is -2.07. The molecule has 0 aliphatic rings. The zero-order chi connectivity index (χ0) is 13.5. The van der Waals surface area contributed by atoms with Gasteiger partial charge in [0.1, 0.15) is 5.69 Å². The highest BCUT2D eigenvalue weighted by Gasteiger charge is 2.31. The van der Waals surface area contributed by atoms with E-state index >= 15 is 0 Å². The molecule has 1 aromatic rings. The predicted molar refractivity (Wildman–Crippen MR) is 56.5 cm³/mol. The Bertz CT molecular complexity index is 347. The molecule has 0 atom stereocenters. The third-order valence-electron chi connectivity index (χ3n) is 1.83. The number of aromatic nitrogens is 1. The summed E-state index contributed by atoms with van der Waals surface area (Å²) >= 11 is 0. The van der Waals surface area contributed by atoms with E-state index in [1.165, 1.54) is 12.3 Å². The van der Waals surface area contributed by atoms with Crippen LogP contribution in [-0.4, -0.2) is 16.1 Å². The fourth-order valence-electron chi connectivity index (χ4n) is 0.801. The normalized spacial score (nSPS) is 10.4. The van der Waals surface area contributed by atoms with Crippen molar-refractivity contribution in [2.75, 3.05) is 0 Å². The molecule has 1 rings (SSSR count). The van der Waals surface area contributed by atoms with Crippen LogP contribution < -0.4 is 0 Å². The van der Waals surface area contributed by atoms with Crippen molar-refractivity contribution in [2.24, 2.45) is 0 Å². The number of pyridine rings is 1. The molecule has 0 amide bonds. The Morgan fingerprint density at radius 1 is 1.35 bits per heavy atom. The lowest BCUT2D eigenvalue weighted by molar-refractivity contribution is -0.141. The number of aliphatic carboxylic acids is 1. The van der Waals surface area contributed by atoms with Crippen molar-refractivity contribution >= 4 is 5.97 Å². The van der Waals surface area contributed by atoms with Crippen molar-refractivity contribution in [2.45, 2.75) is 32.9 Å². The molecule has 1 N–H and O–H groups in total. The van der Waals surface area contributed by atoms with E-state index in [1.54, 1.807) is 6.92 Å². The lowest BCUT2D eigenvalue weighted by atomic mass is 10.2. The number of hydrogen-bond donors (Lipinski definition) is 1. The van der Waals surface area contributed by atoms with Gasteiger partial charge in [0.25, 0.3) is 0 Å². The number of halogens is 3. The first-order chi connectivity index (χ1) is 7.81. The first-order valence-electron chi connectivity index (χ1n) is 5.05. The molecular weight excluding hydrogens is 235 g/mol. The number of aryl methyl sites for hydroxylation is 1. The number of nitrogens with zero attached hydrogens (tertiary/aromatic N) is 1. The maximum absolute atomic E-state index is 12.0. The topological polar surface area (TPSA) is 50.2 Å². The second kappa shape index (κ2) is 6.88. The molecule has 17 heavy (non-hydrogen) atoms. The molecule has 0 aliphatic carbocycles. The Kier molecular flexibility index (Phi) is 6.23. The number of carboxylic acids is 1. The van der Waals surface area contributed by atoms with Gasteiger partial charge in [-0.15, -0.1) is 0 Å². The number of alkyl halides is 3. The highest BCUT2D eigenvalue weighted by molar-refractivity contribution is 5.66. The van der Waals surface area contributed by atoms with Crippen LogP contribution in [0.3, 0.4) is 0 Å². The van der Waals surface area contributed by atoms with Crippen LogP contribution in [0.2, 0.25) is 0 Å². The Morgan fingerprint density at radius 2 is 1.88 bits per heavy atom. The molecule has 6 heteroatoms. The molecule has 0 unspecified atom stereocenters. The smallest absolute Gasteiger partial charge is 0.433 e. The molecule has 0 saturated carbocycles. The summed E-state index contributed by atoms with van der Waals surface area (Å²) in [5.41, 5.74) is -0.0253. The third-order valence-corrected chi connectivity index (χ3v) is 1.83. The van der Waals surface area contributed by atoms with Crippen molar-refractivity contribution in [3.05, 3.63) is 29.6 Å². The summed E-state index contributed by atoms with van der Waals surface area (Å²) < 4.78 is 35.9. The summed E-state index contributed by atoms with van der Waals surface area (Å²) in [7, 11) is 0. The van der Waals surface area contributed by atoms with Gasteiger partial charge < -0.3 is 5.11 Å². The second-order valence-corrected chi connectivity index (χ2v) is 3.15. The monoisotopic (exact) mass is 249 g/mol. The third kappa shape index (κ3) is 6.55. The van der Waals surface area contributed by atoms with Crippen LogP contribution in [0.4, 0.5) is 13.2 Å². The van der Waals surface area contributed by atoms with Crippen molar-refractivity contribution in [3.63, 3.8) is 0 Å². The zero-order valence-electron chi connectivity index (χ0n) is 9.58. The summed E-state index contributed by atoms with van der Waals surface area (Å²) in [6, 6.07) is 2.44. The maximum atomic E-state index is 12.0. The van der Waals surface area contributed by atoms with Gasteiger partial charge in [-0.2, -0.15) is 13.2 Å². The quantitative estimate of drug-likeness (QED) is 0.875. The summed E-state index contributed by atoms with van der Waals surface area (Å²) in [6.45, 7) is 3.46. The second-order valence-electron chi connectivity index (χ2n) is 3.15. The first kappa shape index (κ1) is 15.4. The average Bonchev–Trinajstić information content (AvgIpc) is 2.29. The van der Waals surface area contributed by atoms with E-state index in [2.05, 4.69) is 4.98 Å². The first-order valence-corrected chi connectivity index (χ1v) is 5.05. The van der Waals surface area contributed by atoms with Crippen molar-refractivity contribution in [1.82, 2.24) is 4.98 Å². The molecule has 3 nitrogen and oxygen atoms in total. The molecule has 1 heterocycles. The van der Waals surface area contributed by atoms with Crippen LogP contribution >= 0.6 is 0 Å². The van der Waals surface area contributed by atoms with Crippen LogP contribution in [0, 0.1) is 0 Å². The highest BCUT2D eigenvalue weighted by atomic mass is 19.4. The van der Waals surface area contributed by atoms with Crippen LogP contribution in [0.15, 0.2) is 18.3 Å². The molecule has 0 fully saturated rings. The SMILES string of the molecule is CCC(=O)O.CCc1ccc(C(F)(F)F)nc1. The summed E-state index contributed by atoms with van der Waals surface area (Å²) in [5.74, 6) is -0.745. The number of carboxylic acid groups (broad SMARTS) is 1. The van der Waals surface area contributed by atoms with Crippen molar-refractivity contribution in [1.29, 1.82) is 0 Å². The van der Waals surface area contributed by atoms with Gasteiger partial charge in [-0.3, -0.25) is 9.78 Å². The predicted octanol–water partition coefficient (Wildman–Crippen LogP) is 3.14. The number of rotatable bonds is 2. The van der Waals surface area contributed by atoms with Gasteiger partial charge in [0, 0.05) is 12.6 Å². The van der Waals surface area contributed by atoms with E-state index in [0.717, 1.165) is 11.6 Å². The Labute approximate surface area is 97.3 Å². The van der Waals surface area contributed by atoms with Gasteiger partial charge in [-0.25, -0.2) is 0 Å². The molecule has 0 spiro atoms. The van der Waals surface area contributed by atoms with Gasteiger partial charge >= 0.3 is 12.1 Å². The standard InChI is InChI=1S/C8H8F3N.C3H6O2/c1-2-6-3-4-7(12-5-6)8(9,10)11;1-2-3(4)5/h3-5H,2H2,1H3;2H2,1H3,(H,4,5). The molecule has 96 valence electrons. The Balaban J connectivity index is 0.000000437. The van der Waals surface area contributed by atoms with Crippen molar-refractivity contribution < 1.29 is 23.1 Å². The van der Waals surface area contributed by atoms with E-state index in [0.29, 0.717) is 6.42 Å². The van der Waals surface area contributed by atoms with Gasteiger partial charge in [0.15, 0.2) is 0 Å². The van der Waals surface area contributed by atoms with E-state index in [9.17, 15) is 18.0 Å². The maximum Gasteiger partial charge on any atom is 0.433 e. The number of carbonyl (C=O) groups is 1. The zero-order valence-corrected chi connectivity index (χ0v) is 9.58. The van der Waals surface area contributed by atoms with Gasteiger partial charge in [0.05, 0.1) is 0 Å². The molecule has 0 aliphatic heterocycles. The molecule has 0 saturated heterocycles. The minimum atomic E-state index is -4.33. The Morgan fingerprint density at radius 3 is 2.12 bits per heavy atom. The summed E-state index contributed by atoms with van der Waals surface area (Å²) in [5, 5.41) is 7.72. The van der Waals surface area contributed by atoms with Gasteiger partial charge in [-0.05, 0) is 18.1 Å². The average molecular weight is 249 g/mol. The van der Waals surface area contributed by atoms with Crippen LogP contribution in [0.5, 0.6) is 0 Å². The van der Waals surface area contributed by atoms with E-state index in [4.69, 9.17) is 5.11 Å². The molecule has 0 aromatic carbocycles. The highest BCUT2D eigenvalue weighted by Crippen LogP contribution is 2.27. The number of hydrogen-bond acceptors (Lipinski definition) is 2. The molecule has 0 bridgehead atoms. The molecule has 0 radical (unpaired) electrons. The lowest BCUT2D eigenvalue weighted by Gasteiger charge is -2.04. The van der Waals surface area contributed by atoms with Gasteiger partial charge in [0.2, 0.25) is 0 Å². The largest absolute Gasteiger partial charge is 0.481 e. The summed E-state index contributed by atoms with van der Waals surface area (Å²) in [6.07, 6.45) is -2.15. The van der Waals surface area contributed by atoms with Gasteiger partial charge in [-0.1, -0.05) is 19.9 Å². The fourth-order valence-corrected chi connectivity index (χ4v) is 0.801. The van der Waals surface area contributed by atoms with Crippen LogP contribution in [0.1, 0.15) is 31.5 Å². The van der Waals surface area contributed by atoms with Crippen LogP contribution in [0.25, 0.3) is 0 Å². The summed E-state index contributed by atoms with van der Waals surface area (Å²) in [4.78, 5) is 12.7. The molecular formula is C11H14F3NO2. The van der Waals surface area contributed by atoms with E-state index < -0.39 is 17.8 Å². The minimum Gasteiger partial charge on any atom is -0.481 e. The fraction of sp³-hybridized carbons (Fsp3) is 0.455. The van der Waals surface area contributed by atoms with E-state index in [1.807, 2.05) is 6.92 Å². The van der Waals surface area contributed by atoms with Crippen molar-refractivity contribution in [3.8, 4) is 0 Å². The van der Waals surface area contributed by atoms with E-state index in [-0.39, 0.29) is 6.42 Å².